The molecule has 0 bridgehead atoms. The van der Waals surface area contributed by atoms with Crippen molar-refractivity contribution >= 4 is 0 Å². The third-order valence-corrected chi connectivity index (χ3v) is 6.89. The fraction of sp³-hybridized carbons (Fsp3) is 0.206. The molecule has 0 radical (unpaired) electrons. The van der Waals surface area contributed by atoms with Crippen molar-refractivity contribution in [3.8, 4) is 45.8 Å². The Balaban J connectivity index is 0.000000423. The van der Waals surface area contributed by atoms with Crippen molar-refractivity contribution < 1.29 is 9.47 Å². The smallest absolute Gasteiger partial charge is 0.163 e. The van der Waals surface area contributed by atoms with Gasteiger partial charge in [0.25, 0.3) is 0 Å². The zero-order valence-corrected chi connectivity index (χ0v) is 23.5. The minimum atomic E-state index is 0.197. The third kappa shape index (κ3) is 7.75. The van der Waals surface area contributed by atoms with Crippen LogP contribution in [0.3, 0.4) is 0 Å². The zero-order chi connectivity index (χ0) is 28.4. The van der Waals surface area contributed by atoms with Crippen LogP contribution in [-0.4, -0.2) is 39.5 Å². The minimum absolute atomic E-state index is 0.197. The molecule has 0 aliphatic carbocycles. The number of hydrogen-bond acceptors (Lipinski definition) is 7. The Morgan fingerprint density at radius 1 is 0.683 bits per heavy atom. The summed E-state index contributed by atoms with van der Waals surface area (Å²) >= 11 is 0. The third-order valence-electron chi connectivity index (χ3n) is 6.89. The number of rotatable bonds is 7. The van der Waals surface area contributed by atoms with Crippen LogP contribution in [0.2, 0.25) is 0 Å². The van der Waals surface area contributed by atoms with Crippen LogP contribution < -0.4 is 15.2 Å². The number of ether oxygens (including phenoxy) is 2. The Bertz CT molecular complexity index is 1430. The van der Waals surface area contributed by atoms with E-state index in [0.717, 1.165) is 28.7 Å². The van der Waals surface area contributed by atoms with Gasteiger partial charge < -0.3 is 20.1 Å². The molecule has 1 aromatic heterocycles. The van der Waals surface area contributed by atoms with Gasteiger partial charge >= 0.3 is 0 Å². The molecule has 0 saturated carbocycles. The molecule has 1 aliphatic heterocycles. The van der Waals surface area contributed by atoms with Gasteiger partial charge in [-0.05, 0) is 81.9 Å². The molecule has 7 nitrogen and oxygen atoms in total. The first-order valence-electron chi connectivity index (χ1n) is 13.9. The van der Waals surface area contributed by atoms with Gasteiger partial charge in [-0.3, -0.25) is 0 Å². The van der Waals surface area contributed by atoms with Gasteiger partial charge in [0, 0.05) is 17.2 Å². The summed E-state index contributed by atoms with van der Waals surface area (Å²) in [6.45, 7) is 3.79. The normalized spacial score (nSPS) is 14.7. The largest absolute Gasteiger partial charge is 0.457 e. The second-order valence-electron chi connectivity index (χ2n) is 9.96. The summed E-state index contributed by atoms with van der Waals surface area (Å²) in [4.78, 5) is 16.2. The molecule has 2 heterocycles. The second-order valence-corrected chi connectivity index (χ2v) is 9.96. The lowest BCUT2D eigenvalue weighted by Crippen LogP contribution is -2.20. The average Bonchev–Trinajstić information content (AvgIpc) is 3.40. The summed E-state index contributed by atoms with van der Waals surface area (Å²) in [6, 6.07) is 35.4. The average molecular weight is 546 g/mol. The molecule has 0 amide bonds. The monoisotopic (exact) mass is 545 g/mol. The van der Waals surface area contributed by atoms with E-state index in [4.69, 9.17) is 20.2 Å². The lowest BCUT2D eigenvalue weighted by molar-refractivity contribution is 0.331. The van der Waals surface area contributed by atoms with Crippen molar-refractivity contribution in [2.24, 2.45) is 5.73 Å². The Morgan fingerprint density at radius 3 is 1.56 bits per heavy atom. The standard InChI is InChI=1S/C28H22N4O2.C6H13N/c29-19-26-30-27(20-9-7-15-24(17-20)33-22-11-3-1-4-12-22)32-28(31-26)21-10-8-16-25(18-21)34-23-13-5-2-6-14-23;1-6-4-3-5-7(6)2/h1-18H,19,29H2;6H,3-5H2,1-2H3. The molecule has 5 aromatic rings. The lowest BCUT2D eigenvalue weighted by atomic mass is 10.1. The molecule has 1 atom stereocenters. The number of nitrogens with zero attached hydrogens (tertiary/aromatic N) is 4. The van der Waals surface area contributed by atoms with E-state index in [2.05, 4.69) is 28.8 Å². The summed E-state index contributed by atoms with van der Waals surface area (Å²) in [7, 11) is 2.19. The number of benzene rings is 4. The van der Waals surface area contributed by atoms with Crippen LogP contribution in [0.5, 0.6) is 23.0 Å². The van der Waals surface area contributed by atoms with Crippen LogP contribution in [-0.2, 0) is 6.54 Å². The summed E-state index contributed by atoms with van der Waals surface area (Å²) in [5.74, 6) is 4.46. The van der Waals surface area contributed by atoms with Crippen molar-refractivity contribution in [1.82, 2.24) is 19.9 Å². The molecule has 4 aromatic carbocycles. The molecule has 2 N–H and O–H groups in total. The molecular weight excluding hydrogens is 510 g/mol. The summed E-state index contributed by atoms with van der Waals surface area (Å²) in [6.07, 6.45) is 2.80. The Hall–Kier alpha value is -4.59. The van der Waals surface area contributed by atoms with Gasteiger partial charge in [-0.15, -0.1) is 0 Å². The summed E-state index contributed by atoms with van der Waals surface area (Å²) in [5.41, 5.74) is 7.52. The van der Waals surface area contributed by atoms with Gasteiger partial charge in [-0.25, -0.2) is 15.0 Å². The molecule has 6 rings (SSSR count). The van der Waals surface area contributed by atoms with E-state index in [1.807, 2.05) is 109 Å². The predicted octanol–water partition coefficient (Wildman–Crippen LogP) is 7.35. The van der Waals surface area contributed by atoms with Crippen molar-refractivity contribution in [2.45, 2.75) is 32.4 Å². The molecular formula is C34H35N5O2. The highest BCUT2D eigenvalue weighted by molar-refractivity contribution is 5.63. The van der Waals surface area contributed by atoms with Crippen LogP contribution in [0, 0.1) is 0 Å². The van der Waals surface area contributed by atoms with E-state index in [1.54, 1.807) is 0 Å². The molecule has 1 fully saturated rings. The van der Waals surface area contributed by atoms with E-state index < -0.39 is 0 Å². The quantitative estimate of drug-likeness (QED) is 0.229. The Morgan fingerprint density at radius 2 is 1.17 bits per heavy atom. The number of nitrogens with two attached hydrogens (primary N) is 1. The van der Waals surface area contributed by atoms with Gasteiger partial charge in [0.15, 0.2) is 11.6 Å². The molecule has 1 saturated heterocycles. The number of para-hydroxylation sites is 2. The number of likely N-dealkylation sites (tertiary alicyclic amines) is 1. The van der Waals surface area contributed by atoms with Crippen molar-refractivity contribution in [2.75, 3.05) is 13.6 Å². The van der Waals surface area contributed by atoms with E-state index in [-0.39, 0.29) is 6.54 Å². The molecule has 1 aliphatic rings. The summed E-state index contributed by atoms with van der Waals surface area (Å²) in [5, 5.41) is 0. The van der Waals surface area contributed by atoms with E-state index in [1.165, 1.54) is 19.4 Å². The fourth-order valence-electron chi connectivity index (χ4n) is 4.49. The van der Waals surface area contributed by atoms with Gasteiger partial charge in [0.05, 0.1) is 6.54 Å². The van der Waals surface area contributed by atoms with Gasteiger partial charge in [-0.2, -0.15) is 0 Å². The maximum Gasteiger partial charge on any atom is 0.163 e. The molecule has 0 spiro atoms. The first kappa shape index (κ1) is 28.0. The minimum Gasteiger partial charge on any atom is -0.457 e. The van der Waals surface area contributed by atoms with Crippen LogP contribution in [0.25, 0.3) is 22.8 Å². The molecule has 208 valence electrons. The highest BCUT2D eigenvalue weighted by Crippen LogP contribution is 2.29. The first-order valence-corrected chi connectivity index (χ1v) is 13.9. The van der Waals surface area contributed by atoms with Crippen molar-refractivity contribution in [1.29, 1.82) is 0 Å². The molecule has 41 heavy (non-hydrogen) atoms. The van der Waals surface area contributed by atoms with Gasteiger partial charge in [0.2, 0.25) is 0 Å². The predicted molar refractivity (Wildman–Crippen MR) is 163 cm³/mol. The number of hydrogen-bond donors (Lipinski definition) is 1. The van der Waals surface area contributed by atoms with Gasteiger partial charge in [-0.1, -0.05) is 60.7 Å². The Labute approximate surface area is 241 Å². The lowest BCUT2D eigenvalue weighted by Gasteiger charge is -2.12. The maximum atomic E-state index is 5.97. The van der Waals surface area contributed by atoms with Gasteiger partial charge in [0.1, 0.15) is 28.8 Å². The molecule has 7 heteroatoms. The van der Waals surface area contributed by atoms with E-state index in [9.17, 15) is 0 Å². The highest BCUT2D eigenvalue weighted by Gasteiger charge is 2.14. The SMILES string of the molecule is CC1CCCN1C.NCc1nc(-c2cccc(Oc3ccccc3)c2)nc(-c2cccc(Oc3ccccc3)c2)n1. The fourth-order valence-corrected chi connectivity index (χ4v) is 4.49. The van der Waals surface area contributed by atoms with Crippen LogP contribution >= 0.6 is 0 Å². The van der Waals surface area contributed by atoms with Crippen molar-refractivity contribution in [3.05, 3.63) is 115 Å². The van der Waals surface area contributed by atoms with Crippen LogP contribution in [0.1, 0.15) is 25.6 Å². The second kappa shape index (κ2) is 13.7. The maximum absolute atomic E-state index is 5.97. The van der Waals surface area contributed by atoms with E-state index in [0.29, 0.717) is 29.0 Å². The van der Waals surface area contributed by atoms with E-state index >= 15 is 0 Å². The first-order chi connectivity index (χ1) is 20.1. The zero-order valence-electron chi connectivity index (χ0n) is 23.5. The Kier molecular flexibility index (Phi) is 9.31. The molecule has 1 unspecified atom stereocenters. The van der Waals surface area contributed by atoms with Crippen molar-refractivity contribution in [3.63, 3.8) is 0 Å². The highest BCUT2D eigenvalue weighted by atomic mass is 16.5. The van der Waals surface area contributed by atoms with Crippen LogP contribution in [0.4, 0.5) is 0 Å². The summed E-state index contributed by atoms with van der Waals surface area (Å²) < 4.78 is 11.9. The topological polar surface area (TPSA) is 86.4 Å². The number of aromatic nitrogens is 3. The van der Waals surface area contributed by atoms with Crippen LogP contribution in [0.15, 0.2) is 109 Å².